The summed E-state index contributed by atoms with van der Waals surface area (Å²) in [5.41, 5.74) is 0. The summed E-state index contributed by atoms with van der Waals surface area (Å²) in [6.07, 6.45) is 86.4. The zero-order valence-corrected chi connectivity index (χ0v) is 52.7. The van der Waals surface area contributed by atoms with Gasteiger partial charge in [0, 0.05) is 12.8 Å². The summed E-state index contributed by atoms with van der Waals surface area (Å²) in [5, 5.41) is 23.3. The molecule has 0 bridgehead atoms. The maximum atomic E-state index is 12.5. The van der Waals surface area contributed by atoms with Gasteiger partial charge in [-0.3, -0.25) is 9.59 Å². The van der Waals surface area contributed by atoms with Crippen molar-refractivity contribution in [2.75, 3.05) is 13.2 Å². The summed E-state index contributed by atoms with van der Waals surface area (Å²) in [4.78, 5) is 24.7. The lowest BCUT2D eigenvalue weighted by atomic mass is 10.0. The smallest absolute Gasteiger partial charge is 0.305 e. The van der Waals surface area contributed by atoms with Crippen LogP contribution in [0.5, 0.6) is 0 Å². The number of hydrogen-bond donors (Lipinski definition) is 3. The molecule has 0 spiro atoms. The topological polar surface area (TPSA) is 95.9 Å². The first-order valence-corrected chi connectivity index (χ1v) is 35.3. The van der Waals surface area contributed by atoms with Gasteiger partial charge in [-0.25, -0.2) is 0 Å². The molecule has 6 heteroatoms. The molecule has 0 radical (unpaired) electrons. The minimum Gasteiger partial charge on any atom is -0.466 e. The standard InChI is InChI=1S/C72H137NO5/c1-3-5-7-9-11-13-15-17-19-21-23-24-25-26-27-28-30-32-36-40-44-48-52-56-60-64-70(75)69(68-74)73-71(76)65-61-57-53-49-45-41-37-33-31-35-39-43-47-51-55-59-63-67-78-72(77)66-62-58-54-50-46-42-38-34-29-22-20-18-16-14-12-10-8-6-4-2/h12,14,18,20,60,64,69-70,74-75H,3-11,13,15-17,19,21-59,61-63,65-68H2,1-2H3,(H,73,76)/b14-12-,20-18-,64-60+. The van der Waals surface area contributed by atoms with Crippen LogP contribution in [0.25, 0.3) is 0 Å². The van der Waals surface area contributed by atoms with E-state index in [1.165, 1.54) is 308 Å². The molecule has 0 heterocycles. The Kier molecular flexibility index (Phi) is 65.9. The largest absolute Gasteiger partial charge is 0.466 e. The van der Waals surface area contributed by atoms with Crippen molar-refractivity contribution in [3.8, 4) is 0 Å². The van der Waals surface area contributed by atoms with Crippen LogP contribution in [-0.4, -0.2) is 47.4 Å². The molecule has 0 aliphatic heterocycles. The van der Waals surface area contributed by atoms with Crippen molar-refractivity contribution < 1.29 is 24.5 Å². The predicted molar refractivity (Wildman–Crippen MR) is 343 cm³/mol. The van der Waals surface area contributed by atoms with Crippen molar-refractivity contribution in [3.63, 3.8) is 0 Å². The van der Waals surface area contributed by atoms with Gasteiger partial charge in [0.1, 0.15) is 0 Å². The highest BCUT2D eigenvalue weighted by atomic mass is 16.5. The Morgan fingerprint density at radius 3 is 1.00 bits per heavy atom. The van der Waals surface area contributed by atoms with Crippen LogP contribution < -0.4 is 5.32 Å². The van der Waals surface area contributed by atoms with E-state index in [-0.39, 0.29) is 18.5 Å². The fourth-order valence-corrected chi connectivity index (χ4v) is 11.0. The molecular formula is C72H137NO5. The van der Waals surface area contributed by atoms with E-state index >= 15 is 0 Å². The second-order valence-corrected chi connectivity index (χ2v) is 24.2. The van der Waals surface area contributed by atoms with Crippen molar-refractivity contribution in [3.05, 3.63) is 36.5 Å². The first-order valence-electron chi connectivity index (χ1n) is 35.3. The molecule has 0 aliphatic rings. The minimum absolute atomic E-state index is 0.00158. The molecule has 1 amide bonds. The summed E-state index contributed by atoms with van der Waals surface area (Å²) in [5.74, 6) is -0.0677. The van der Waals surface area contributed by atoms with Gasteiger partial charge in [-0.2, -0.15) is 0 Å². The molecule has 0 fully saturated rings. The highest BCUT2D eigenvalue weighted by Crippen LogP contribution is 2.19. The van der Waals surface area contributed by atoms with E-state index < -0.39 is 12.1 Å². The third kappa shape index (κ3) is 63.3. The van der Waals surface area contributed by atoms with Gasteiger partial charge in [-0.1, -0.05) is 346 Å². The van der Waals surface area contributed by atoms with E-state index in [4.69, 9.17) is 4.74 Å². The molecule has 0 aliphatic carbocycles. The maximum Gasteiger partial charge on any atom is 0.305 e. The molecule has 3 N–H and O–H groups in total. The van der Waals surface area contributed by atoms with Crippen molar-refractivity contribution in [2.45, 2.75) is 398 Å². The number of allylic oxidation sites excluding steroid dienone is 5. The molecule has 0 saturated carbocycles. The van der Waals surface area contributed by atoms with Gasteiger partial charge in [0.15, 0.2) is 0 Å². The summed E-state index contributed by atoms with van der Waals surface area (Å²) in [7, 11) is 0. The Bertz CT molecular complexity index is 1260. The maximum absolute atomic E-state index is 12.5. The van der Waals surface area contributed by atoms with E-state index in [0.717, 1.165) is 51.4 Å². The lowest BCUT2D eigenvalue weighted by molar-refractivity contribution is -0.143. The highest BCUT2D eigenvalue weighted by Gasteiger charge is 2.18. The van der Waals surface area contributed by atoms with Gasteiger partial charge in [0.05, 0.1) is 25.4 Å². The number of ether oxygens (including phenoxy) is 1. The molecule has 0 aromatic carbocycles. The number of aliphatic hydroxyl groups is 2. The molecule has 0 rings (SSSR count). The van der Waals surface area contributed by atoms with Crippen LogP contribution in [-0.2, 0) is 14.3 Å². The molecule has 0 saturated heterocycles. The van der Waals surface area contributed by atoms with E-state index in [0.29, 0.717) is 19.4 Å². The van der Waals surface area contributed by atoms with Gasteiger partial charge in [-0.15, -0.1) is 0 Å². The number of esters is 1. The Hall–Kier alpha value is -1.92. The molecule has 2 atom stereocenters. The molecule has 460 valence electrons. The van der Waals surface area contributed by atoms with Crippen LogP contribution in [0.4, 0.5) is 0 Å². The van der Waals surface area contributed by atoms with Crippen molar-refractivity contribution in [1.82, 2.24) is 5.32 Å². The number of nitrogens with one attached hydrogen (secondary N) is 1. The van der Waals surface area contributed by atoms with E-state index in [1.54, 1.807) is 6.08 Å². The van der Waals surface area contributed by atoms with Crippen molar-refractivity contribution >= 4 is 11.9 Å². The summed E-state index contributed by atoms with van der Waals surface area (Å²) >= 11 is 0. The quantitative estimate of drug-likeness (QED) is 0.0320. The number of carbonyl (C=O) groups excluding carboxylic acids is 2. The lowest BCUT2D eigenvalue weighted by Gasteiger charge is -2.20. The first-order chi connectivity index (χ1) is 38.5. The van der Waals surface area contributed by atoms with Crippen LogP contribution in [0.1, 0.15) is 386 Å². The lowest BCUT2D eigenvalue weighted by Crippen LogP contribution is -2.45. The van der Waals surface area contributed by atoms with Crippen LogP contribution in [0.3, 0.4) is 0 Å². The number of aliphatic hydroxyl groups excluding tert-OH is 2. The zero-order chi connectivity index (χ0) is 56.4. The van der Waals surface area contributed by atoms with E-state index in [9.17, 15) is 19.8 Å². The summed E-state index contributed by atoms with van der Waals surface area (Å²) in [6.45, 7) is 4.90. The van der Waals surface area contributed by atoms with Crippen molar-refractivity contribution in [1.29, 1.82) is 0 Å². The number of amides is 1. The highest BCUT2D eigenvalue weighted by molar-refractivity contribution is 5.76. The fourth-order valence-electron chi connectivity index (χ4n) is 11.0. The minimum atomic E-state index is -0.850. The molecule has 6 nitrogen and oxygen atoms in total. The van der Waals surface area contributed by atoms with Gasteiger partial charge in [0.25, 0.3) is 0 Å². The van der Waals surface area contributed by atoms with Gasteiger partial charge >= 0.3 is 5.97 Å². The van der Waals surface area contributed by atoms with E-state index in [2.05, 4.69) is 43.5 Å². The normalized spacial score (nSPS) is 12.7. The fraction of sp³-hybridized carbons (Fsp3) is 0.889. The number of rotatable bonds is 66. The third-order valence-electron chi connectivity index (χ3n) is 16.4. The van der Waals surface area contributed by atoms with Gasteiger partial charge in [-0.05, 0) is 64.2 Å². The van der Waals surface area contributed by atoms with Crippen LogP contribution >= 0.6 is 0 Å². The number of hydrogen-bond acceptors (Lipinski definition) is 5. The Morgan fingerprint density at radius 2 is 0.641 bits per heavy atom. The van der Waals surface area contributed by atoms with Gasteiger partial charge in [0.2, 0.25) is 5.91 Å². The second-order valence-electron chi connectivity index (χ2n) is 24.2. The average Bonchev–Trinajstić information content (AvgIpc) is 3.44. The number of unbranched alkanes of at least 4 members (excludes halogenated alkanes) is 51. The monoisotopic (exact) mass is 1100 g/mol. The average molecular weight is 1100 g/mol. The van der Waals surface area contributed by atoms with Crippen LogP contribution in [0, 0.1) is 0 Å². The molecule has 78 heavy (non-hydrogen) atoms. The number of carbonyl (C=O) groups is 2. The SMILES string of the molecule is CCCCC/C=C\C/C=C\CCCCCCCCCCCC(=O)OCCCCCCCCCCCCCCCCCCCC(=O)NC(CO)C(O)/C=C/CCCCCCCCCCCCCCCCCCCCCCCCC. The first kappa shape index (κ1) is 76.1. The molecular weight excluding hydrogens is 959 g/mol. The molecule has 0 aromatic heterocycles. The Labute approximate surface area is 487 Å². The van der Waals surface area contributed by atoms with E-state index in [1.807, 2.05) is 6.08 Å². The van der Waals surface area contributed by atoms with Crippen LogP contribution in [0.2, 0.25) is 0 Å². The Morgan fingerprint density at radius 1 is 0.359 bits per heavy atom. The predicted octanol–water partition coefficient (Wildman–Crippen LogP) is 22.7. The van der Waals surface area contributed by atoms with Crippen LogP contribution in [0.15, 0.2) is 36.5 Å². The summed E-state index contributed by atoms with van der Waals surface area (Å²) in [6, 6.07) is -0.634. The second kappa shape index (κ2) is 67.6. The Balaban J connectivity index is 3.43. The van der Waals surface area contributed by atoms with Crippen molar-refractivity contribution in [2.24, 2.45) is 0 Å². The third-order valence-corrected chi connectivity index (χ3v) is 16.4. The summed E-state index contributed by atoms with van der Waals surface area (Å²) < 4.78 is 5.50. The molecule has 2 unspecified atom stereocenters. The molecule has 0 aromatic rings. The zero-order valence-electron chi connectivity index (χ0n) is 52.7. The van der Waals surface area contributed by atoms with Gasteiger partial charge < -0.3 is 20.3 Å².